The molecule has 1 atom stereocenters. The van der Waals surface area contributed by atoms with E-state index in [2.05, 4.69) is 0 Å². The van der Waals surface area contributed by atoms with Crippen molar-refractivity contribution in [2.45, 2.75) is 25.4 Å². The lowest BCUT2D eigenvalue weighted by molar-refractivity contribution is -0.135. The van der Waals surface area contributed by atoms with Crippen LogP contribution in [0.4, 0.5) is 13.2 Å². The van der Waals surface area contributed by atoms with Gasteiger partial charge in [-0.25, -0.2) is 0 Å². The largest absolute Gasteiger partial charge is 0.390 e. The van der Waals surface area contributed by atoms with Crippen molar-refractivity contribution >= 4 is 10.2 Å². The molecule has 114 valence electrons. The first-order valence-corrected chi connectivity index (χ1v) is 7.54. The zero-order chi connectivity index (χ0) is 14.7. The van der Waals surface area contributed by atoms with Crippen LogP contribution in [0.25, 0.3) is 0 Å². The third-order valence-electron chi connectivity index (χ3n) is 3.25. The maximum Gasteiger partial charge on any atom is 0.390 e. The summed E-state index contributed by atoms with van der Waals surface area (Å²) < 4.78 is 62.5. The van der Waals surface area contributed by atoms with E-state index in [0.29, 0.717) is 19.5 Å². The van der Waals surface area contributed by atoms with Gasteiger partial charge in [0.15, 0.2) is 0 Å². The summed E-state index contributed by atoms with van der Waals surface area (Å²) in [6.45, 7) is 0.457. The lowest BCUT2D eigenvalue weighted by Crippen LogP contribution is -2.48. The monoisotopic (exact) mass is 303 g/mol. The topological polar surface area (TPSA) is 66.6 Å². The third-order valence-corrected chi connectivity index (χ3v) is 5.20. The molecular weight excluding hydrogens is 283 g/mol. The molecule has 1 saturated heterocycles. The van der Waals surface area contributed by atoms with E-state index in [9.17, 15) is 21.6 Å². The number of hydrogen-bond donors (Lipinski definition) is 1. The molecule has 0 radical (unpaired) electrons. The standard InChI is InChI=1S/C10H20F3N3O2S/c1-15(6-4-10(11,12)13)19(17,18)16-5-2-3-9(7-14)8-16/h9H,2-8,14H2,1H3. The molecule has 0 amide bonds. The average Bonchev–Trinajstić information content (AvgIpc) is 2.35. The summed E-state index contributed by atoms with van der Waals surface area (Å²) in [5.74, 6) is 0.0829. The molecule has 1 rings (SSSR count). The second-order valence-corrected chi connectivity index (χ2v) is 6.83. The smallest absolute Gasteiger partial charge is 0.330 e. The first-order chi connectivity index (χ1) is 8.66. The summed E-state index contributed by atoms with van der Waals surface area (Å²) in [6.07, 6.45) is -3.95. The van der Waals surface area contributed by atoms with Crippen LogP contribution < -0.4 is 5.73 Å². The Labute approximate surface area is 111 Å². The Kier molecular flexibility index (Phi) is 5.60. The van der Waals surface area contributed by atoms with Crippen LogP contribution in [0.2, 0.25) is 0 Å². The number of hydrogen-bond acceptors (Lipinski definition) is 3. The highest BCUT2D eigenvalue weighted by Crippen LogP contribution is 2.23. The van der Waals surface area contributed by atoms with Crippen LogP contribution in [-0.2, 0) is 10.2 Å². The SMILES string of the molecule is CN(CCC(F)(F)F)S(=O)(=O)N1CCCC(CN)C1. The molecule has 0 aromatic rings. The summed E-state index contributed by atoms with van der Waals surface area (Å²) in [5.41, 5.74) is 5.52. The molecule has 2 N–H and O–H groups in total. The Bertz CT molecular complexity index is 386. The van der Waals surface area contributed by atoms with Gasteiger partial charge in [0.25, 0.3) is 10.2 Å². The van der Waals surface area contributed by atoms with Gasteiger partial charge in [0.2, 0.25) is 0 Å². The van der Waals surface area contributed by atoms with Gasteiger partial charge in [-0.1, -0.05) is 0 Å². The lowest BCUT2D eigenvalue weighted by Gasteiger charge is -2.34. The third kappa shape index (κ3) is 4.90. The molecule has 0 aromatic carbocycles. The minimum atomic E-state index is -4.36. The summed E-state index contributed by atoms with van der Waals surface area (Å²) >= 11 is 0. The van der Waals surface area contributed by atoms with Gasteiger partial charge < -0.3 is 5.73 Å². The van der Waals surface area contributed by atoms with Crippen molar-refractivity contribution < 1.29 is 21.6 Å². The van der Waals surface area contributed by atoms with Crippen molar-refractivity contribution in [2.24, 2.45) is 11.7 Å². The van der Waals surface area contributed by atoms with Crippen molar-refractivity contribution in [2.75, 3.05) is 33.2 Å². The predicted molar refractivity (Wildman–Crippen MR) is 65.6 cm³/mol. The number of alkyl halides is 3. The molecule has 1 aliphatic rings. The van der Waals surface area contributed by atoms with Crippen molar-refractivity contribution in [3.05, 3.63) is 0 Å². The first-order valence-electron chi connectivity index (χ1n) is 6.15. The maximum absolute atomic E-state index is 12.1. The molecule has 0 spiro atoms. The molecule has 1 aliphatic heterocycles. The van der Waals surface area contributed by atoms with Crippen molar-refractivity contribution in [3.8, 4) is 0 Å². The molecule has 5 nitrogen and oxygen atoms in total. The Morgan fingerprint density at radius 3 is 2.58 bits per heavy atom. The van der Waals surface area contributed by atoms with Gasteiger partial charge in [0.1, 0.15) is 0 Å². The number of rotatable bonds is 5. The van der Waals surface area contributed by atoms with Crippen LogP contribution >= 0.6 is 0 Å². The van der Waals surface area contributed by atoms with E-state index in [-0.39, 0.29) is 12.5 Å². The van der Waals surface area contributed by atoms with E-state index < -0.39 is 29.4 Å². The molecular formula is C10H20F3N3O2S. The second kappa shape index (κ2) is 6.38. The first kappa shape index (κ1) is 16.7. The van der Waals surface area contributed by atoms with E-state index in [1.165, 1.54) is 11.4 Å². The van der Waals surface area contributed by atoms with Crippen LogP contribution in [0.15, 0.2) is 0 Å². The highest BCUT2D eigenvalue weighted by atomic mass is 32.2. The Morgan fingerprint density at radius 2 is 2.05 bits per heavy atom. The maximum atomic E-state index is 12.1. The molecule has 0 saturated carbocycles. The van der Waals surface area contributed by atoms with Crippen LogP contribution in [0, 0.1) is 5.92 Å². The van der Waals surface area contributed by atoms with Gasteiger partial charge in [0.05, 0.1) is 6.42 Å². The molecule has 1 heterocycles. The average molecular weight is 303 g/mol. The molecule has 9 heteroatoms. The second-order valence-electron chi connectivity index (χ2n) is 4.80. The van der Waals surface area contributed by atoms with Crippen LogP contribution in [-0.4, -0.2) is 56.4 Å². The number of nitrogens with zero attached hydrogens (tertiary/aromatic N) is 2. The lowest BCUT2D eigenvalue weighted by atomic mass is 10.0. The molecule has 0 aromatic heterocycles. The van der Waals surface area contributed by atoms with E-state index in [1.54, 1.807) is 0 Å². The zero-order valence-electron chi connectivity index (χ0n) is 10.9. The van der Waals surface area contributed by atoms with Crippen molar-refractivity contribution in [1.82, 2.24) is 8.61 Å². The highest BCUT2D eigenvalue weighted by molar-refractivity contribution is 7.86. The van der Waals surface area contributed by atoms with Gasteiger partial charge in [0, 0.05) is 26.7 Å². The fraction of sp³-hybridized carbons (Fsp3) is 1.00. The summed E-state index contributed by atoms with van der Waals surface area (Å²) in [7, 11) is -2.64. The van der Waals surface area contributed by atoms with E-state index >= 15 is 0 Å². The number of nitrogens with two attached hydrogens (primary N) is 1. The van der Waals surface area contributed by atoms with Gasteiger partial charge in [-0.3, -0.25) is 0 Å². The Morgan fingerprint density at radius 1 is 1.42 bits per heavy atom. The molecule has 1 unspecified atom stereocenters. The minimum absolute atomic E-state index is 0.0829. The van der Waals surface area contributed by atoms with Crippen LogP contribution in [0.1, 0.15) is 19.3 Å². The van der Waals surface area contributed by atoms with E-state index in [0.717, 1.165) is 10.7 Å². The number of halogens is 3. The predicted octanol–water partition coefficient (Wildman–Crippen LogP) is 0.786. The fourth-order valence-electron chi connectivity index (χ4n) is 2.03. The molecule has 19 heavy (non-hydrogen) atoms. The van der Waals surface area contributed by atoms with Gasteiger partial charge >= 0.3 is 6.18 Å². The Hall–Kier alpha value is -0.380. The van der Waals surface area contributed by atoms with Gasteiger partial charge in [-0.15, -0.1) is 0 Å². The summed E-state index contributed by atoms with van der Waals surface area (Å²) in [6, 6.07) is 0. The fourth-order valence-corrected chi connectivity index (χ4v) is 3.50. The normalized spacial score (nSPS) is 22.9. The quantitative estimate of drug-likeness (QED) is 0.816. The van der Waals surface area contributed by atoms with Crippen molar-refractivity contribution in [3.63, 3.8) is 0 Å². The van der Waals surface area contributed by atoms with Gasteiger partial charge in [-0.2, -0.15) is 30.2 Å². The zero-order valence-corrected chi connectivity index (χ0v) is 11.7. The van der Waals surface area contributed by atoms with Gasteiger partial charge in [-0.05, 0) is 25.3 Å². The summed E-state index contributed by atoms with van der Waals surface area (Å²) in [4.78, 5) is 0. The minimum Gasteiger partial charge on any atom is -0.330 e. The summed E-state index contributed by atoms with van der Waals surface area (Å²) in [5, 5.41) is 0. The van der Waals surface area contributed by atoms with Crippen LogP contribution in [0.3, 0.4) is 0 Å². The van der Waals surface area contributed by atoms with Crippen LogP contribution in [0.5, 0.6) is 0 Å². The van der Waals surface area contributed by atoms with E-state index in [1.807, 2.05) is 0 Å². The molecule has 0 aliphatic carbocycles. The molecule has 0 bridgehead atoms. The number of piperidine rings is 1. The molecule has 1 fully saturated rings. The van der Waals surface area contributed by atoms with Crippen molar-refractivity contribution in [1.29, 1.82) is 0 Å². The Balaban J connectivity index is 2.63. The highest BCUT2D eigenvalue weighted by Gasteiger charge is 2.34. The van der Waals surface area contributed by atoms with E-state index in [4.69, 9.17) is 5.73 Å².